The molecule has 0 N–H and O–H groups in total. The van der Waals surface area contributed by atoms with Crippen LogP contribution in [-0.4, -0.2) is 14.1 Å². The molecule has 27 heavy (non-hydrogen) atoms. The number of hydrogen-bond donors (Lipinski definition) is 0. The first kappa shape index (κ1) is 17.2. The monoisotopic (exact) mass is 375 g/mol. The highest BCUT2D eigenvalue weighted by molar-refractivity contribution is 7.90. The van der Waals surface area contributed by atoms with Crippen molar-refractivity contribution in [2.45, 2.75) is 11.8 Å². The topological polar surface area (TPSA) is 55.7 Å². The lowest BCUT2D eigenvalue weighted by Gasteiger charge is -2.03. The maximum Gasteiger partial charge on any atom is 0.282 e. The average Bonchev–Trinajstić information content (AvgIpc) is 3.00. The van der Waals surface area contributed by atoms with Gasteiger partial charge in [0, 0.05) is 5.56 Å². The zero-order valence-electron chi connectivity index (χ0n) is 14.7. The number of nitrogens with zero attached hydrogens (tertiary/aromatic N) is 1. The molecule has 0 unspecified atom stereocenters. The standard InChI is InChI=1S/C22H17NO3S/c1-16-11-13-18(14-12-16)27(24,25)23-22-19-9-5-6-10-20(19)26-21(22)15-17-7-3-2-4-8-17/h2-15H,1H3/b21-15-,23-22-. The Morgan fingerprint density at radius 3 is 2.26 bits per heavy atom. The summed E-state index contributed by atoms with van der Waals surface area (Å²) < 4.78 is 35.7. The SMILES string of the molecule is Cc1ccc(S(=O)(=O)/N=C2\C(=C\c3ccccc3)Oc3ccccc32)cc1. The Labute approximate surface area is 158 Å². The maximum atomic E-state index is 12.8. The zero-order chi connectivity index (χ0) is 18.9. The van der Waals surface area contributed by atoms with Crippen LogP contribution in [0.15, 0.2) is 93.9 Å². The van der Waals surface area contributed by atoms with Crippen molar-refractivity contribution in [2.75, 3.05) is 0 Å². The molecule has 0 fully saturated rings. The van der Waals surface area contributed by atoms with Crippen LogP contribution < -0.4 is 4.74 Å². The minimum Gasteiger partial charge on any atom is -0.454 e. The molecule has 0 amide bonds. The van der Waals surface area contributed by atoms with Gasteiger partial charge in [-0.1, -0.05) is 60.2 Å². The van der Waals surface area contributed by atoms with E-state index in [-0.39, 0.29) is 4.90 Å². The summed E-state index contributed by atoms with van der Waals surface area (Å²) >= 11 is 0. The van der Waals surface area contributed by atoms with E-state index in [2.05, 4.69) is 4.40 Å². The summed E-state index contributed by atoms with van der Waals surface area (Å²) in [5, 5.41) is 0. The molecule has 4 nitrogen and oxygen atoms in total. The molecule has 134 valence electrons. The van der Waals surface area contributed by atoms with E-state index in [0.29, 0.717) is 22.8 Å². The van der Waals surface area contributed by atoms with Gasteiger partial charge in [-0.2, -0.15) is 12.8 Å². The number of fused-ring (bicyclic) bond motifs is 1. The third-order valence-corrected chi connectivity index (χ3v) is 5.51. The van der Waals surface area contributed by atoms with E-state index >= 15 is 0 Å². The van der Waals surface area contributed by atoms with Crippen molar-refractivity contribution in [1.82, 2.24) is 0 Å². The Hall–Kier alpha value is -3.18. The summed E-state index contributed by atoms with van der Waals surface area (Å²) in [5.41, 5.74) is 2.87. The minimum atomic E-state index is -3.86. The van der Waals surface area contributed by atoms with Crippen molar-refractivity contribution in [1.29, 1.82) is 0 Å². The lowest BCUT2D eigenvalue weighted by atomic mass is 10.1. The summed E-state index contributed by atoms with van der Waals surface area (Å²) in [4.78, 5) is 0.157. The number of rotatable bonds is 3. The molecule has 3 aromatic carbocycles. The number of allylic oxidation sites excluding steroid dienone is 1. The highest BCUT2D eigenvalue weighted by atomic mass is 32.2. The molecule has 1 heterocycles. The fourth-order valence-electron chi connectivity index (χ4n) is 2.83. The molecule has 0 saturated heterocycles. The molecule has 5 heteroatoms. The van der Waals surface area contributed by atoms with E-state index in [0.717, 1.165) is 11.1 Å². The van der Waals surface area contributed by atoms with Crippen LogP contribution in [0.1, 0.15) is 16.7 Å². The molecular weight excluding hydrogens is 358 g/mol. The fourth-order valence-corrected chi connectivity index (χ4v) is 3.84. The highest BCUT2D eigenvalue weighted by Crippen LogP contribution is 2.33. The predicted octanol–water partition coefficient (Wildman–Crippen LogP) is 4.61. The van der Waals surface area contributed by atoms with Gasteiger partial charge in [-0.3, -0.25) is 0 Å². The first-order valence-corrected chi connectivity index (χ1v) is 9.93. The van der Waals surface area contributed by atoms with E-state index in [1.54, 1.807) is 36.4 Å². The van der Waals surface area contributed by atoms with Gasteiger partial charge in [-0.15, -0.1) is 0 Å². The first-order chi connectivity index (χ1) is 13.0. The number of hydrogen-bond acceptors (Lipinski definition) is 3. The lowest BCUT2D eigenvalue weighted by Crippen LogP contribution is -2.07. The van der Waals surface area contributed by atoms with Crippen LogP contribution >= 0.6 is 0 Å². The van der Waals surface area contributed by atoms with Gasteiger partial charge in [-0.05, 0) is 42.8 Å². The van der Waals surface area contributed by atoms with Gasteiger partial charge in [0.1, 0.15) is 11.5 Å². The number of benzene rings is 3. The third kappa shape index (κ3) is 3.55. The molecular formula is C22H17NO3S. The average molecular weight is 375 g/mol. The maximum absolute atomic E-state index is 12.8. The van der Waals surface area contributed by atoms with E-state index in [9.17, 15) is 8.42 Å². The van der Waals surface area contributed by atoms with Crippen molar-refractivity contribution in [3.63, 3.8) is 0 Å². The minimum absolute atomic E-state index is 0.157. The van der Waals surface area contributed by atoms with Gasteiger partial charge in [-0.25, -0.2) is 0 Å². The second kappa shape index (κ2) is 6.85. The van der Waals surface area contributed by atoms with Gasteiger partial charge in [0.25, 0.3) is 10.0 Å². The summed E-state index contributed by atoms with van der Waals surface area (Å²) in [6, 6.07) is 23.5. The van der Waals surface area contributed by atoms with Gasteiger partial charge in [0.05, 0.1) is 4.90 Å². The van der Waals surface area contributed by atoms with Gasteiger partial charge in [0.15, 0.2) is 5.76 Å². The second-order valence-corrected chi connectivity index (χ2v) is 7.85. The summed E-state index contributed by atoms with van der Waals surface area (Å²) in [7, 11) is -3.86. The number of para-hydroxylation sites is 1. The van der Waals surface area contributed by atoms with Gasteiger partial charge < -0.3 is 4.74 Å². The van der Waals surface area contributed by atoms with Crippen LogP contribution in [0.2, 0.25) is 0 Å². The number of ether oxygens (including phenoxy) is 1. The Morgan fingerprint density at radius 2 is 1.52 bits per heavy atom. The van der Waals surface area contributed by atoms with Crippen LogP contribution in [0.4, 0.5) is 0 Å². The van der Waals surface area contributed by atoms with E-state index in [1.807, 2.05) is 55.5 Å². The van der Waals surface area contributed by atoms with Crippen molar-refractivity contribution < 1.29 is 13.2 Å². The smallest absolute Gasteiger partial charge is 0.282 e. The molecule has 0 aromatic heterocycles. The number of sulfonamides is 1. The Kier molecular flexibility index (Phi) is 4.38. The lowest BCUT2D eigenvalue weighted by molar-refractivity contribution is 0.473. The largest absolute Gasteiger partial charge is 0.454 e. The van der Waals surface area contributed by atoms with Crippen molar-refractivity contribution >= 4 is 21.8 Å². The van der Waals surface area contributed by atoms with Crippen molar-refractivity contribution in [3.05, 3.63) is 101 Å². The Morgan fingerprint density at radius 1 is 0.852 bits per heavy atom. The second-order valence-electron chi connectivity index (χ2n) is 6.25. The number of aryl methyl sites for hydroxylation is 1. The molecule has 1 aliphatic rings. The normalized spacial score (nSPS) is 16.3. The fraction of sp³-hybridized carbons (Fsp3) is 0.0455. The summed E-state index contributed by atoms with van der Waals surface area (Å²) in [6.45, 7) is 1.91. The van der Waals surface area contributed by atoms with E-state index in [4.69, 9.17) is 4.74 Å². The molecule has 1 aliphatic heterocycles. The van der Waals surface area contributed by atoms with Crippen LogP contribution in [-0.2, 0) is 10.0 Å². The molecule has 0 bridgehead atoms. The molecule has 0 spiro atoms. The molecule has 3 aromatic rings. The van der Waals surface area contributed by atoms with Gasteiger partial charge in [0.2, 0.25) is 0 Å². The van der Waals surface area contributed by atoms with Crippen LogP contribution in [0, 0.1) is 6.92 Å². The van der Waals surface area contributed by atoms with Crippen LogP contribution in [0.25, 0.3) is 6.08 Å². The molecule has 0 saturated carbocycles. The van der Waals surface area contributed by atoms with Gasteiger partial charge >= 0.3 is 0 Å². The summed E-state index contributed by atoms with van der Waals surface area (Å²) in [6.07, 6.45) is 1.80. The molecule has 0 radical (unpaired) electrons. The van der Waals surface area contributed by atoms with Crippen molar-refractivity contribution in [2.24, 2.45) is 4.40 Å². The predicted molar refractivity (Wildman–Crippen MR) is 106 cm³/mol. The molecule has 0 aliphatic carbocycles. The quantitative estimate of drug-likeness (QED) is 0.672. The van der Waals surface area contributed by atoms with Crippen molar-refractivity contribution in [3.8, 4) is 5.75 Å². The highest BCUT2D eigenvalue weighted by Gasteiger charge is 2.27. The van der Waals surface area contributed by atoms with E-state index in [1.165, 1.54) is 0 Å². The first-order valence-electron chi connectivity index (χ1n) is 8.49. The Balaban J connectivity index is 1.84. The summed E-state index contributed by atoms with van der Waals surface area (Å²) in [5.74, 6) is 1.01. The van der Waals surface area contributed by atoms with E-state index < -0.39 is 10.0 Å². The van der Waals surface area contributed by atoms with Crippen LogP contribution in [0.3, 0.4) is 0 Å². The Bertz CT molecular complexity index is 1150. The molecule has 4 rings (SSSR count). The zero-order valence-corrected chi connectivity index (χ0v) is 15.5. The molecule has 0 atom stereocenters. The van der Waals surface area contributed by atoms with Crippen LogP contribution in [0.5, 0.6) is 5.75 Å². The third-order valence-electron chi connectivity index (χ3n) is 4.22.